The minimum Gasteiger partial charge on any atom is -0.480 e. The largest absolute Gasteiger partial charge is 0.480 e. The Balaban J connectivity index is 2.24. The lowest BCUT2D eigenvalue weighted by molar-refractivity contribution is -0.137. The predicted molar refractivity (Wildman–Crippen MR) is 73.1 cm³/mol. The highest BCUT2D eigenvalue weighted by Gasteiger charge is 2.33. The monoisotopic (exact) mass is 317 g/mol. The third kappa shape index (κ3) is 3.60. The second kappa shape index (κ2) is 6.54. The molecule has 0 unspecified atom stereocenters. The summed E-state index contributed by atoms with van der Waals surface area (Å²) in [5, 5.41) is 21.6. The van der Waals surface area contributed by atoms with Gasteiger partial charge >= 0.3 is 5.97 Å². The molecule has 118 valence electrons. The van der Waals surface area contributed by atoms with E-state index in [1.807, 2.05) is 0 Å². The number of hydrogen-bond acceptors (Lipinski definition) is 5. The number of carboxylic acids is 1. The van der Waals surface area contributed by atoms with Crippen molar-refractivity contribution in [3.63, 3.8) is 0 Å². The minimum absolute atomic E-state index is 0.0379. The molecular formula is C12H19N3O5S. The summed E-state index contributed by atoms with van der Waals surface area (Å²) in [6, 6.07) is -0.107. The molecule has 0 spiro atoms. The van der Waals surface area contributed by atoms with Crippen LogP contribution in [0.15, 0.2) is 17.3 Å². The summed E-state index contributed by atoms with van der Waals surface area (Å²) in [7, 11) is -3.76. The lowest BCUT2D eigenvalue weighted by atomic mass is 10.2. The van der Waals surface area contributed by atoms with Gasteiger partial charge in [-0.1, -0.05) is 12.8 Å². The van der Waals surface area contributed by atoms with Crippen molar-refractivity contribution in [1.82, 2.24) is 14.1 Å². The zero-order valence-corrected chi connectivity index (χ0v) is 12.4. The standard InChI is InChI=1S/C12H19N3O5S/c16-6-5-15(10-3-1-2-4-10)21(19,20)11-7-13-14(8-11)9-12(17)18/h7-8,10,16H,1-6,9H2,(H,17,18). The van der Waals surface area contributed by atoms with Crippen molar-refractivity contribution in [3.8, 4) is 0 Å². The van der Waals surface area contributed by atoms with E-state index in [0.29, 0.717) is 0 Å². The van der Waals surface area contributed by atoms with Crippen molar-refractivity contribution in [2.75, 3.05) is 13.2 Å². The van der Waals surface area contributed by atoms with Crippen LogP contribution in [0.5, 0.6) is 0 Å². The van der Waals surface area contributed by atoms with Crippen LogP contribution in [-0.2, 0) is 21.4 Å². The molecule has 1 aromatic heterocycles. The van der Waals surface area contributed by atoms with Gasteiger partial charge in [0.25, 0.3) is 0 Å². The first-order valence-electron chi connectivity index (χ1n) is 6.82. The van der Waals surface area contributed by atoms with Gasteiger partial charge in [-0.15, -0.1) is 0 Å². The number of carbonyl (C=O) groups is 1. The number of rotatable bonds is 7. The molecule has 8 nitrogen and oxygen atoms in total. The second-order valence-electron chi connectivity index (χ2n) is 5.04. The van der Waals surface area contributed by atoms with E-state index >= 15 is 0 Å². The average Bonchev–Trinajstić information content (AvgIpc) is 3.05. The molecule has 0 amide bonds. The van der Waals surface area contributed by atoms with E-state index in [1.165, 1.54) is 10.5 Å². The van der Waals surface area contributed by atoms with E-state index in [4.69, 9.17) is 10.2 Å². The molecule has 1 aliphatic rings. The van der Waals surface area contributed by atoms with E-state index < -0.39 is 16.0 Å². The van der Waals surface area contributed by atoms with Crippen LogP contribution in [0.25, 0.3) is 0 Å². The van der Waals surface area contributed by atoms with Gasteiger partial charge < -0.3 is 10.2 Å². The summed E-state index contributed by atoms with van der Waals surface area (Å²) in [6.07, 6.45) is 5.87. The van der Waals surface area contributed by atoms with Gasteiger partial charge in [0.15, 0.2) is 0 Å². The molecule has 0 saturated heterocycles. The van der Waals surface area contributed by atoms with Crippen LogP contribution in [0.3, 0.4) is 0 Å². The number of hydrogen-bond donors (Lipinski definition) is 2. The first-order valence-corrected chi connectivity index (χ1v) is 8.26. The van der Waals surface area contributed by atoms with Gasteiger partial charge in [-0.05, 0) is 12.8 Å². The highest BCUT2D eigenvalue weighted by molar-refractivity contribution is 7.89. The molecule has 1 saturated carbocycles. The van der Waals surface area contributed by atoms with Crippen molar-refractivity contribution in [1.29, 1.82) is 0 Å². The Bertz CT molecular complexity index is 592. The summed E-state index contributed by atoms with van der Waals surface area (Å²) in [5.74, 6) is -1.09. The fourth-order valence-electron chi connectivity index (χ4n) is 2.63. The number of aromatic nitrogens is 2. The molecule has 0 radical (unpaired) electrons. The van der Waals surface area contributed by atoms with Gasteiger partial charge in [0, 0.05) is 18.8 Å². The highest BCUT2D eigenvalue weighted by atomic mass is 32.2. The molecule has 1 aromatic rings. The van der Waals surface area contributed by atoms with Crippen LogP contribution in [0, 0.1) is 0 Å². The van der Waals surface area contributed by atoms with Crippen LogP contribution in [0.4, 0.5) is 0 Å². The number of aliphatic carboxylic acids is 1. The van der Waals surface area contributed by atoms with Gasteiger partial charge in [-0.2, -0.15) is 9.40 Å². The summed E-state index contributed by atoms with van der Waals surface area (Å²) < 4.78 is 27.6. The van der Waals surface area contributed by atoms with Gasteiger partial charge in [0.05, 0.1) is 12.8 Å². The molecule has 0 atom stereocenters. The Morgan fingerprint density at radius 1 is 1.43 bits per heavy atom. The first-order chi connectivity index (χ1) is 9.95. The summed E-state index contributed by atoms with van der Waals surface area (Å²) in [4.78, 5) is 10.6. The average molecular weight is 317 g/mol. The Kier molecular flexibility index (Phi) is 4.96. The third-order valence-electron chi connectivity index (χ3n) is 3.57. The minimum atomic E-state index is -3.76. The molecule has 21 heavy (non-hydrogen) atoms. The predicted octanol–water partition coefficient (Wildman–Crippen LogP) is -0.107. The fraction of sp³-hybridized carbons (Fsp3) is 0.667. The number of nitrogens with zero attached hydrogens (tertiary/aromatic N) is 3. The highest BCUT2D eigenvalue weighted by Crippen LogP contribution is 2.28. The summed E-state index contributed by atoms with van der Waals surface area (Å²) in [6.45, 7) is -0.602. The maximum absolute atomic E-state index is 12.6. The fourth-order valence-corrected chi connectivity index (χ4v) is 4.26. The SMILES string of the molecule is O=C(O)Cn1cc(S(=O)(=O)N(CCO)C2CCCC2)cn1. The number of aliphatic hydroxyl groups excluding tert-OH is 1. The van der Waals surface area contributed by atoms with Crippen LogP contribution in [0.2, 0.25) is 0 Å². The van der Waals surface area contributed by atoms with E-state index in [0.717, 1.165) is 36.6 Å². The van der Waals surface area contributed by atoms with E-state index in [9.17, 15) is 13.2 Å². The van der Waals surface area contributed by atoms with Crippen molar-refractivity contribution in [3.05, 3.63) is 12.4 Å². The molecule has 2 N–H and O–H groups in total. The lowest BCUT2D eigenvalue weighted by Gasteiger charge is -2.26. The first kappa shape index (κ1) is 15.9. The van der Waals surface area contributed by atoms with Crippen LogP contribution in [0.1, 0.15) is 25.7 Å². The maximum Gasteiger partial charge on any atom is 0.325 e. The van der Waals surface area contributed by atoms with Crippen LogP contribution in [-0.4, -0.2) is 57.9 Å². The normalized spacial score (nSPS) is 16.7. The van der Waals surface area contributed by atoms with Crippen molar-refractivity contribution in [2.45, 2.75) is 43.2 Å². The van der Waals surface area contributed by atoms with Crippen molar-refractivity contribution in [2.24, 2.45) is 0 Å². The van der Waals surface area contributed by atoms with E-state index in [-0.39, 0.29) is 30.6 Å². The molecular weight excluding hydrogens is 298 g/mol. The Hall–Kier alpha value is -1.45. The number of carboxylic acid groups (broad SMARTS) is 1. The van der Waals surface area contributed by atoms with Crippen LogP contribution < -0.4 is 0 Å². The molecule has 0 aromatic carbocycles. The van der Waals surface area contributed by atoms with Crippen molar-refractivity contribution < 1.29 is 23.4 Å². The number of sulfonamides is 1. The summed E-state index contributed by atoms with van der Waals surface area (Å²) in [5.41, 5.74) is 0. The summed E-state index contributed by atoms with van der Waals surface area (Å²) >= 11 is 0. The maximum atomic E-state index is 12.6. The lowest BCUT2D eigenvalue weighted by Crippen LogP contribution is -2.40. The van der Waals surface area contributed by atoms with E-state index in [2.05, 4.69) is 5.10 Å². The van der Waals surface area contributed by atoms with E-state index in [1.54, 1.807) is 0 Å². The quantitative estimate of drug-likeness (QED) is 0.726. The van der Waals surface area contributed by atoms with Gasteiger partial charge in [-0.3, -0.25) is 9.48 Å². The Morgan fingerprint density at radius 3 is 2.67 bits per heavy atom. The molecule has 1 heterocycles. The molecule has 9 heteroatoms. The third-order valence-corrected chi connectivity index (χ3v) is 5.47. The Labute approximate surface area is 123 Å². The molecule has 1 aliphatic carbocycles. The topological polar surface area (TPSA) is 113 Å². The molecule has 0 aliphatic heterocycles. The number of aliphatic hydroxyl groups is 1. The zero-order valence-electron chi connectivity index (χ0n) is 11.6. The van der Waals surface area contributed by atoms with Crippen LogP contribution >= 0.6 is 0 Å². The molecule has 1 fully saturated rings. The van der Waals surface area contributed by atoms with Gasteiger partial charge in [0.1, 0.15) is 11.4 Å². The second-order valence-corrected chi connectivity index (χ2v) is 6.94. The zero-order chi connectivity index (χ0) is 15.5. The van der Waals surface area contributed by atoms with Gasteiger partial charge in [0.2, 0.25) is 10.0 Å². The molecule has 0 bridgehead atoms. The van der Waals surface area contributed by atoms with Crippen molar-refractivity contribution >= 4 is 16.0 Å². The molecule has 2 rings (SSSR count). The Morgan fingerprint density at radius 2 is 2.10 bits per heavy atom. The smallest absolute Gasteiger partial charge is 0.325 e. The van der Waals surface area contributed by atoms with Gasteiger partial charge in [-0.25, -0.2) is 8.42 Å².